The first kappa shape index (κ1) is 15.8. The fraction of sp³-hybridized carbons (Fsp3) is 0.526. The van der Waals surface area contributed by atoms with E-state index in [2.05, 4.69) is 65.8 Å². The quantitative estimate of drug-likeness (QED) is 0.598. The Morgan fingerprint density at radius 2 is 1.76 bits per heavy atom. The van der Waals surface area contributed by atoms with Gasteiger partial charge in [-0.3, -0.25) is 4.79 Å². The summed E-state index contributed by atoms with van der Waals surface area (Å²) in [6, 6.07) is 6.28. The van der Waals surface area contributed by atoms with Crippen LogP contribution in [0.1, 0.15) is 44.4 Å². The molecule has 1 aliphatic carbocycles. The lowest BCUT2D eigenvalue weighted by Crippen LogP contribution is -2.10. The van der Waals surface area contributed by atoms with Crippen molar-refractivity contribution in [2.45, 2.75) is 48.1 Å². The molecule has 1 fully saturated rings. The average Bonchev–Trinajstić information content (AvgIpc) is 2.85. The molecule has 0 aliphatic heterocycles. The highest BCUT2D eigenvalue weighted by Gasteiger charge is 2.61. The van der Waals surface area contributed by atoms with Gasteiger partial charge >= 0.3 is 5.97 Å². The first-order chi connectivity index (χ1) is 9.71. The third kappa shape index (κ3) is 3.55. The standard InChI is InChI=1S/C19H26O2/c1-12(2)7-16-17(19(16,5)6)18(20)21-11-15-9-13(3)8-14(4)10-15/h7-10,16-17H,11H2,1-6H3. The van der Waals surface area contributed by atoms with E-state index in [9.17, 15) is 4.79 Å². The van der Waals surface area contributed by atoms with Gasteiger partial charge in [0.25, 0.3) is 0 Å². The number of carbonyl (C=O) groups is 1. The fourth-order valence-electron chi connectivity index (χ4n) is 3.19. The van der Waals surface area contributed by atoms with Crippen molar-refractivity contribution < 1.29 is 9.53 Å². The van der Waals surface area contributed by atoms with Gasteiger partial charge in [0.2, 0.25) is 0 Å². The van der Waals surface area contributed by atoms with Gasteiger partial charge in [-0.05, 0) is 44.6 Å². The SMILES string of the molecule is CC(C)=CC1C(C(=O)OCc2cc(C)cc(C)c2)C1(C)C. The molecule has 0 aromatic heterocycles. The van der Waals surface area contributed by atoms with Gasteiger partial charge in [-0.15, -0.1) is 0 Å². The summed E-state index contributed by atoms with van der Waals surface area (Å²) in [6.07, 6.45) is 2.20. The normalized spacial score (nSPS) is 22.6. The maximum atomic E-state index is 12.3. The van der Waals surface area contributed by atoms with Gasteiger partial charge in [0, 0.05) is 0 Å². The van der Waals surface area contributed by atoms with Crippen LogP contribution in [-0.2, 0) is 16.1 Å². The van der Waals surface area contributed by atoms with E-state index in [1.807, 2.05) is 0 Å². The molecular weight excluding hydrogens is 260 g/mol. The van der Waals surface area contributed by atoms with Gasteiger partial charge in [0.1, 0.15) is 6.61 Å². The molecule has 2 atom stereocenters. The van der Waals surface area contributed by atoms with Crippen LogP contribution < -0.4 is 0 Å². The molecule has 2 heteroatoms. The van der Waals surface area contributed by atoms with Crippen LogP contribution in [0.15, 0.2) is 29.8 Å². The van der Waals surface area contributed by atoms with E-state index in [0.29, 0.717) is 12.5 Å². The molecule has 0 amide bonds. The predicted octanol–water partition coefficient (Wildman–Crippen LogP) is 4.59. The van der Waals surface area contributed by atoms with Crippen molar-refractivity contribution in [3.05, 3.63) is 46.5 Å². The van der Waals surface area contributed by atoms with Gasteiger partial charge in [0.05, 0.1) is 5.92 Å². The van der Waals surface area contributed by atoms with E-state index in [1.165, 1.54) is 16.7 Å². The van der Waals surface area contributed by atoms with Crippen molar-refractivity contribution in [3.8, 4) is 0 Å². The van der Waals surface area contributed by atoms with Crippen LogP contribution in [0, 0.1) is 31.1 Å². The Kier molecular flexibility index (Phi) is 4.27. The lowest BCUT2D eigenvalue weighted by molar-refractivity contribution is -0.147. The lowest BCUT2D eigenvalue weighted by Gasteiger charge is -2.07. The molecule has 1 aliphatic rings. The number of rotatable bonds is 4. The minimum absolute atomic E-state index is 0.00157. The molecule has 2 nitrogen and oxygen atoms in total. The fourth-order valence-corrected chi connectivity index (χ4v) is 3.19. The molecule has 1 saturated carbocycles. The highest BCUT2D eigenvalue weighted by molar-refractivity contribution is 5.78. The average molecular weight is 286 g/mol. The van der Waals surface area contributed by atoms with Gasteiger partial charge in [0.15, 0.2) is 0 Å². The molecule has 1 aromatic carbocycles. The monoisotopic (exact) mass is 286 g/mol. The zero-order valence-electron chi connectivity index (χ0n) is 14.0. The highest BCUT2D eigenvalue weighted by Crippen LogP contribution is 2.59. The molecule has 0 N–H and O–H groups in total. The number of carbonyl (C=O) groups excluding carboxylic acids is 1. The van der Waals surface area contributed by atoms with E-state index in [0.717, 1.165) is 5.56 Å². The maximum Gasteiger partial charge on any atom is 0.310 e. The van der Waals surface area contributed by atoms with Crippen LogP contribution in [0.4, 0.5) is 0 Å². The molecular formula is C19H26O2. The van der Waals surface area contributed by atoms with Crippen molar-refractivity contribution >= 4 is 5.97 Å². The van der Waals surface area contributed by atoms with Gasteiger partial charge < -0.3 is 4.74 Å². The summed E-state index contributed by atoms with van der Waals surface area (Å²) >= 11 is 0. The molecule has 0 heterocycles. The second kappa shape index (κ2) is 5.67. The molecule has 2 unspecified atom stereocenters. The van der Waals surface area contributed by atoms with Crippen LogP contribution >= 0.6 is 0 Å². The van der Waals surface area contributed by atoms with Crippen molar-refractivity contribution in [1.82, 2.24) is 0 Å². The van der Waals surface area contributed by atoms with E-state index < -0.39 is 0 Å². The Balaban J connectivity index is 1.98. The first-order valence-electron chi connectivity index (χ1n) is 7.60. The molecule has 2 rings (SSSR count). The molecule has 0 bridgehead atoms. The van der Waals surface area contributed by atoms with Crippen molar-refractivity contribution in [1.29, 1.82) is 0 Å². The Morgan fingerprint density at radius 3 is 2.29 bits per heavy atom. The third-order valence-electron chi connectivity index (χ3n) is 4.34. The number of aryl methyl sites for hydroxylation is 2. The zero-order chi connectivity index (χ0) is 15.8. The number of esters is 1. The van der Waals surface area contributed by atoms with Gasteiger partial charge in [-0.25, -0.2) is 0 Å². The molecule has 1 aromatic rings. The summed E-state index contributed by atoms with van der Waals surface area (Å²) < 4.78 is 5.54. The summed E-state index contributed by atoms with van der Waals surface area (Å²) in [4.78, 5) is 12.3. The van der Waals surface area contributed by atoms with Crippen LogP contribution in [0.25, 0.3) is 0 Å². The predicted molar refractivity (Wildman–Crippen MR) is 85.9 cm³/mol. The topological polar surface area (TPSA) is 26.3 Å². The minimum atomic E-state index is -0.0679. The first-order valence-corrected chi connectivity index (χ1v) is 7.60. The Morgan fingerprint density at radius 1 is 1.19 bits per heavy atom. The molecule has 114 valence electrons. The molecule has 21 heavy (non-hydrogen) atoms. The van der Waals surface area contributed by atoms with E-state index in [-0.39, 0.29) is 17.3 Å². The Bertz CT molecular complexity index is 557. The number of hydrogen-bond acceptors (Lipinski definition) is 2. The summed E-state index contributed by atoms with van der Waals surface area (Å²) in [5, 5.41) is 0. The number of hydrogen-bond donors (Lipinski definition) is 0. The number of allylic oxidation sites excluding steroid dienone is 2. The second-order valence-corrected chi connectivity index (χ2v) is 7.17. The summed E-state index contributed by atoms with van der Waals surface area (Å²) in [7, 11) is 0. The van der Waals surface area contributed by atoms with E-state index >= 15 is 0 Å². The van der Waals surface area contributed by atoms with Gasteiger partial charge in [-0.2, -0.15) is 0 Å². The second-order valence-electron chi connectivity index (χ2n) is 7.17. The van der Waals surface area contributed by atoms with Crippen molar-refractivity contribution in [3.63, 3.8) is 0 Å². The molecule has 0 spiro atoms. The van der Waals surface area contributed by atoms with Crippen LogP contribution in [0.2, 0.25) is 0 Å². The summed E-state index contributed by atoms with van der Waals surface area (Å²) in [5.74, 6) is 0.245. The number of ether oxygens (including phenoxy) is 1. The molecule has 0 radical (unpaired) electrons. The molecule has 0 saturated heterocycles. The van der Waals surface area contributed by atoms with Crippen LogP contribution in [0.5, 0.6) is 0 Å². The Labute approximate surface area is 128 Å². The van der Waals surface area contributed by atoms with Crippen molar-refractivity contribution in [2.24, 2.45) is 17.3 Å². The Hall–Kier alpha value is -1.57. The summed E-state index contributed by atoms with van der Waals surface area (Å²) in [6.45, 7) is 12.9. The largest absolute Gasteiger partial charge is 0.461 e. The summed E-state index contributed by atoms with van der Waals surface area (Å²) in [5.41, 5.74) is 4.76. The van der Waals surface area contributed by atoms with Gasteiger partial charge in [-0.1, -0.05) is 54.8 Å². The van der Waals surface area contributed by atoms with Crippen LogP contribution in [-0.4, -0.2) is 5.97 Å². The zero-order valence-corrected chi connectivity index (χ0v) is 14.0. The van der Waals surface area contributed by atoms with E-state index in [1.54, 1.807) is 0 Å². The highest BCUT2D eigenvalue weighted by atomic mass is 16.5. The maximum absolute atomic E-state index is 12.3. The van der Waals surface area contributed by atoms with Crippen molar-refractivity contribution in [2.75, 3.05) is 0 Å². The minimum Gasteiger partial charge on any atom is -0.461 e. The van der Waals surface area contributed by atoms with E-state index in [4.69, 9.17) is 4.74 Å². The third-order valence-corrected chi connectivity index (χ3v) is 4.34. The smallest absolute Gasteiger partial charge is 0.310 e. The lowest BCUT2D eigenvalue weighted by atomic mass is 10.1. The number of benzene rings is 1. The van der Waals surface area contributed by atoms with Crippen LogP contribution in [0.3, 0.4) is 0 Å².